The number of benzene rings is 2. The van der Waals surface area contributed by atoms with Crippen molar-refractivity contribution in [2.45, 2.75) is 25.4 Å². The predicted octanol–water partition coefficient (Wildman–Crippen LogP) is 2.84. The fraction of sp³-hybridized carbons (Fsp3) is 0.174. The standard InChI is InChI=1S/C23H21N3O6S2/c27-19(28)8-7-17(22(31)32)25-20(29)15-5-1-4-14(9-15)12-24-16-6-2-3-13(10-16)11-18-21(30)26-23(33)34-18/h1-6,9-11,17,24H,7-8,12H2,(H,25,29)(H,27,28)(H,31,32)(H,26,30,33)/b18-11-/t17-/m1/s1. The topological polar surface area (TPSA) is 145 Å². The normalized spacial score (nSPS) is 15.0. The number of nitrogens with one attached hydrogen (secondary N) is 3. The number of thiocarbonyl (C=S) groups is 1. The Labute approximate surface area is 204 Å². The van der Waals surface area contributed by atoms with Crippen molar-refractivity contribution in [2.24, 2.45) is 0 Å². The van der Waals surface area contributed by atoms with Gasteiger partial charge >= 0.3 is 11.9 Å². The highest BCUT2D eigenvalue weighted by Crippen LogP contribution is 2.26. The minimum absolute atomic E-state index is 0.212. The first-order valence-electron chi connectivity index (χ1n) is 10.1. The molecule has 5 N–H and O–H groups in total. The Morgan fingerprint density at radius 2 is 1.88 bits per heavy atom. The maximum atomic E-state index is 12.5. The number of thioether (sulfide) groups is 1. The van der Waals surface area contributed by atoms with Gasteiger partial charge in [0.15, 0.2) is 0 Å². The summed E-state index contributed by atoms with van der Waals surface area (Å²) in [4.78, 5) is 46.9. The van der Waals surface area contributed by atoms with E-state index < -0.39 is 23.9 Å². The van der Waals surface area contributed by atoms with Gasteiger partial charge in [-0.15, -0.1) is 0 Å². The van der Waals surface area contributed by atoms with Gasteiger partial charge in [0.2, 0.25) is 0 Å². The number of carboxylic acids is 2. The van der Waals surface area contributed by atoms with Gasteiger partial charge in [0.05, 0.1) is 4.91 Å². The molecule has 176 valence electrons. The average Bonchev–Trinajstić information content (AvgIpc) is 3.11. The van der Waals surface area contributed by atoms with E-state index in [1.165, 1.54) is 11.8 Å². The van der Waals surface area contributed by atoms with Crippen molar-refractivity contribution < 1.29 is 29.4 Å². The molecule has 1 saturated heterocycles. The molecule has 0 aliphatic carbocycles. The van der Waals surface area contributed by atoms with Gasteiger partial charge in [-0.25, -0.2) is 4.79 Å². The molecule has 1 heterocycles. The summed E-state index contributed by atoms with van der Waals surface area (Å²) in [5, 5.41) is 26.2. The van der Waals surface area contributed by atoms with Crippen LogP contribution in [0.25, 0.3) is 6.08 Å². The zero-order valence-electron chi connectivity index (χ0n) is 17.7. The smallest absolute Gasteiger partial charge is 0.326 e. The first-order valence-corrected chi connectivity index (χ1v) is 11.4. The number of rotatable bonds is 10. The summed E-state index contributed by atoms with van der Waals surface area (Å²) in [5.74, 6) is -3.25. The Kier molecular flexibility index (Phi) is 8.39. The Balaban J connectivity index is 1.63. The Hall–Kier alpha value is -3.70. The molecule has 0 saturated carbocycles. The van der Waals surface area contributed by atoms with Crippen molar-refractivity contribution in [2.75, 3.05) is 5.32 Å². The van der Waals surface area contributed by atoms with Crippen molar-refractivity contribution in [1.29, 1.82) is 0 Å². The minimum Gasteiger partial charge on any atom is -0.481 e. The average molecular weight is 500 g/mol. The second-order valence-electron chi connectivity index (χ2n) is 7.33. The van der Waals surface area contributed by atoms with E-state index in [0.29, 0.717) is 15.8 Å². The third-order valence-corrected chi connectivity index (χ3v) is 5.93. The summed E-state index contributed by atoms with van der Waals surface area (Å²) in [6.07, 6.45) is 1.17. The lowest BCUT2D eigenvalue weighted by Gasteiger charge is -2.14. The van der Waals surface area contributed by atoms with E-state index in [1.807, 2.05) is 30.3 Å². The van der Waals surface area contributed by atoms with E-state index in [1.54, 1.807) is 24.3 Å². The van der Waals surface area contributed by atoms with Gasteiger partial charge in [0, 0.05) is 24.2 Å². The van der Waals surface area contributed by atoms with Crippen LogP contribution in [0.5, 0.6) is 0 Å². The van der Waals surface area contributed by atoms with Gasteiger partial charge in [-0.05, 0) is 47.9 Å². The van der Waals surface area contributed by atoms with E-state index in [9.17, 15) is 24.3 Å². The van der Waals surface area contributed by atoms with Crippen LogP contribution in [0.2, 0.25) is 0 Å². The van der Waals surface area contributed by atoms with Crippen LogP contribution in [0.4, 0.5) is 5.69 Å². The molecule has 1 atom stereocenters. The molecule has 1 aliphatic rings. The van der Waals surface area contributed by atoms with Crippen LogP contribution in [0.1, 0.15) is 34.3 Å². The van der Waals surface area contributed by atoms with E-state index >= 15 is 0 Å². The highest BCUT2D eigenvalue weighted by Gasteiger charge is 2.22. The number of amides is 2. The lowest BCUT2D eigenvalue weighted by atomic mass is 10.1. The molecule has 3 rings (SSSR count). The minimum atomic E-state index is -1.29. The van der Waals surface area contributed by atoms with Crippen molar-refractivity contribution >= 4 is 63.8 Å². The molecule has 0 unspecified atom stereocenters. The zero-order chi connectivity index (χ0) is 24.7. The maximum Gasteiger partial charge on any atom is 0.326 e. The highest BCUT2D eigenvalue weighted by atomic mass is 32.2. The van der Waals surface area contributed by atoms with Crippen LogP contribution < -0.4 is 16.0 Å². The van der Waals surface area contributed by atoms with Crippen molar-refractivity contribution in [3.8, 4) is 0 Å². The van der Waals surface area contributed by atoms with Crippen molar-refractivity contribution in [3.05, 3.63) is 70.1 Å². The number of carbonyl (C=O) groups is 4. The van der Waals surface area contributed by atoms with Gasteiger partial charge < -0.3 is 26.2 Å². The number of anilines is 1. The summed E-state index contributed by atoms with van der Waals surface area (Å²) in [5.41, 5.74) is 2.67. The SMILES string of the molecule is O=C(O)CC[C@@H](NC(=O)c1cccc(CNc2cccc(/C=C3\SC(=S)NC3=O)c2)c1)C(=O)O. The second-order valence-corrected chi connectivity index (χ2v) is 9.05. The molecule has 34 heavy (non-hydrogen) atoms. The molecule has 11 heteroatoms. The largest absolute Gasteiger partial charge is 0.481 e. The molecule has 2 aromatic carbocycles. The summed E-state index contributed by atoms with van der Waals surface area (Å²) in [7, 11) is 0. The fourth-order valence-electron chi connectivity index (χ4n) is 3.10. The van der Waals surface area contributed by atoms with Crippen molar-refractivity contribution in [1.82, 2.24) is 10.6 Å². The second kappa shape index (κ2) is 11.4. The summed E-state index contributed by atoms with van der Waals surface area (Å²) < 4.78 is 0.422. The lowest BCUT2D eigenvalue weighted by molar-refractivity contribution is -0.140. The Morgan fingerprint density at radius 1 is 1.12 bits per heavy atom. The Morgan fingerprint density at radius 3 is 2.56 bits per heavy atom. The van der Waals surface area contributed by atoms with Crippen molar-refractivity contribution in [3.63, 3.8) is 0 Å². The monoisotopic (exact) mass is 499 g/mol. The van der Waals surface area contributed by atoms with E-state index in [0.717, 1.165) is 16.8 Å². The Bertz CT molecular complexity index is 1180. The van der Waals surface area contributed by atoms with Crippen LogP contribution in [-0.2, 0) is 20.9 Å². The molecular formula is C23H21N3O6S2. The van der Waals surface area contributed by atoms with E-state index in [4.69, 9.17) is 17.3 Å². The molecule has 1 fully saturated rings. The molecule has 2 amide bonds. The van der Waals surface area contributed by atoms with E-state index in [2.05, 4.69) is 16.0 Å². The van der Waals surface area contributed by atoms with Crippen LogP contribution in [0.3, 0.4) is 0 Å². The van der Waals surface area contributed by atoms with Gasteiger partial charge in [0.1, 0.15) is 10.4 Å². The molecule has 0 radical (unpaired) electrons. The van der Waals surface area contributed by atoms with Gasteiger partial charge in [-0.3, -0.25) is 14.4 Å². The molecular weight excluding hydrogens is 478 g/mol. The molecule has 2 aromatic rings. The first-order chi connectivity index (χ1) is 16.2. The number of aliphatic carboxylic acids is 2. The maximum absolute atomic E-state index is 12.5. The summed E-state index contributed by atoms with van der Waals surface area (Å²) in [6, 6.07) is 12.8. The molecule has 0 aromatic heterocycles. The quantitative estimate of drug-likeness (QED) is 0.246. The number of carboxylic acid groups (broad SMARTS) is 2. The summed E-state index contributed by atoms with van der Waals surface area (Å²) >= 11 is 6.20. The highest BCUT2D eigenvalue weighted by molar-refractivity contribution is 8.26. The third-order valence-electron chi connectivity index (χ3n) is 4.76. The van der Waals surface area contributed by atoms with Crippen LogP contribution in [0.15, 0.2) is 53.4 Å². The molecule has 9 nitrogen and oxygen atoms in total. The number of hydrogen-bond donors (Lipinski definition) is 5. The predicted molar refractivity (Wildman–Crippen MR) is 132 cm³/mol. The third kappa shape index (κ3) is 7.15. The fourth-order valence-corrected chi connectivity index (χ4v) is 4.15. The van der Waals surface area contributed by atoms with E-state index in [-0.39, 0.29) is 24.3 Å². The van der Waals surface area contributed by atoms with Crippen LogP contribution in [-0.4, -0.2) is 44.3 Å². The van der Waals surface area contributed by atoms with Gasteiger partial charge in [0.25, 0.3) is 11.8 Å². The van der Waals surface area contributed by atoms with Crippen LogP contribution >= 0.6 is 24.0 Å². The number of hydrogen-bond acceptors (Lipinski definition) is 7. The first kappa shape index (κ1) is 24.9. The zero-order valence-corrected chi connectivity index (χ0v) is 19.4. The molecule has 0 bridgehead atoms. The van der Waals surface area contributed by atoms with Gasteiger partial charge in [-0.2, -0.15) is 0 Å². The lowest BCUT2D eigenvalue weighted by Crippen LogP contribution is -2.41. The number of carbonyl (C=O) groups excluding carboxylic acids is 2. The molecule has 0 spiro atoms. The van der Waals surface area contributed by atoms with Gasteiger partial charge in [-0.1, -0.05) is 48.2 Å². The van der Waals surface area contributed by atoms with Crippen LogP contribution in [0, 0.1) is 0 Å². The molecule has 1 aliphatic heterocycles. The summed E-state index contributed by atoms with van der Waals surface area (Å²) in [6.45, 7) is 0.391.